The number of nitrogens with one attached hydrogen (secondary N) is 4. The Balaban J connectivity index is 1.70. The van der Waals surface area contributed by atoms with E-state index >= 15 is 0 Å². The van der Waals surface area contributed by atoms with E-state index < -0.39 is 35.2 Å². The Morgan fingerprint density at radius 2 is 1.81 bits per heavy atom. The number of nitrogens with zero attached hydrogens (tertiary/aromatic N) is 1. The number of ether oxygens (including phenoxy) is 1. The Morgan fingerprint density at radius 1 is 1.08 bits per heavy atom. The van der Waals surface area contributed by atoms with E-state index in [1.165, 1.54) is 0 Å². The summed E-state index contributed by atoms with van der Waals surface area (Å²) >= 11 is 0. The van der Waals surface area contributed by atoms with Gasteiger partial charge in [0.15, 0.2) is 0 Å². The van der Waals surface area contributed by atoms with Crippen LogP contribution in [0.3, 0.4) is 0 Å². The van der Waals surface area contributed by atoms with Gasteiger partial charge in [0.25, 0.3) is 5.91 Å². The molecule has 11 nitrogen and oxygen atoms in total. The lowest BCUT2D eigenvalue weighted by atomic mass is 9.80. The summed E-state index contributed by atoms with van der Waals surface area (Å²) in [5, 5.41) is 11.1. The molecule has 202 valence electrons. The van der Waals surface area contributed by atoms with Crippen LogP contribution in [0.5, 0.6) is 0 Å². The fourth-order valence-corrected chi connectivity index (χ4v) is 5.05. The molecule has 2 saturated heterocycles. The number of carbonyl (C=O) groups excluding carboxylic acids is 5. The highest BCUT2D eigenvalue weighted by atomic mass is 16.5. The first kappa shape index (κ1) is 27.9. The van der Waals surface area contributed by atoms with E-state index in [1.807, 2.05) is 6.92 Å². The van der Waals surface area contributed by atoms with Gasteiger partial charge in [-0.15, -0.1) is 0 Å². The van der Waals surface area contributed by atoms with Gasteiger partial charge in [-0.3, -0.25) is 19.2 Å². The molecule has 3 aliphatic rings. The maximum absolute atomic E-state index is 13.6. The molecule has 2 aliphatic heterocycles. The quantitative estimate of drug-likeness (QED) is 0.339. The summed E-state index contributed by atoms with van der Waals surface area (Å²) < 4.78 is 5.32. The van der Waals surface area contributed by atoms with Crippen molar-refractivity contribution in [1.82, 2.24) is 26.2 Å². The first-order valence-electron chi connectivity index (χ1n) is 13.4. The van der Waals surface area contributed by atoms with Crippen LogP contribution in [0.25, 0.3) is 0 Å². The van der Waals surface area contributed by atoms with E-state index in [1.54, 1.807) is 4.90 Å². The fraction of sp³-hybridized carbons (Fsp3) is 0.800. The van der Waals surface area contributed by atoms with Crippen molar-refractivity contribution in [3.63, 3.8) is 0 Å². The van der Waals surface area contributed by atoms with Crippen molar-refractivity contribution >= 4 is 29.5 Å². The molecule has 5 amide bonds. The number of morpholine rings is 1. The van der Waals surface area contributed by atoms with E-state index in [-0.39, 0.29) is 11.9 Å². The van der Waals surface area contributed by atoms with Crippen LogP contribution in [0, 0.1) is 0 Å². The summed E-state index contributed by atoms with van der Waals surface area (Å²) in [5.41, 5.74) is -1.13. The molecule has 0 radical (unpaired) electrons. The SMILES string of the molecule is CCCC[C@H](NC(=O)C1(NC(=O)N2CCOCC2)CCCCC1)C(=O)C(=O)NC1CCCCNC1=O. The third-order valence-electron chi connectivity index (χ3n) is 7.32. The third-order valence-corrected chi connectivity index (χ3v) is 7.32. The number of amides is 5. The van der Waals surface area contributed by atoms with E-state index in [0.717, 1.165) is 38.5 Å². The van der Waals surface area contributed by atoms with Gasteiger partial charge in [-0.1, -0.05) is 39.0 Å². The van der Waals surface area contributed by atoms with Crippen molar-refractivity contribution < 1.29 is 28.7 Å². The lowest BCUT2D eigenvalue weighted by Gasteiger charge is -2.39. The highest BCUT2D eigenvalue weighted by Crippen LogP contribution is 2.29. The number of hydrogen-bond acceptors (Lipinski definition) is 6. The average Bonchev–Trinajstić information content (AvgIpc) is 3.10. The summed E-state index contributed by atoms with van der Waals surface area (Å²) in [6, 6.07) is -2.10. The molecular weight excluding hydrogens is 466 g/mol. The molecule has 0 aromatic carbocycles. The first-order chi connectivity index (χ1) is 17.4. The van der Waals surface area contributed by atoms with E-state index in [2.05, 4.69) is 21.3 Å². The Bertz CT molecular complexity index is 807. The minimum atomic E-state index is -1.13. The average molecular weight is 508 g/mol. The largest absolute Gasteiger partial charge is 0.378 e. The Kier molecular flexibility index (Phi) is 10.5. The molecule has 0 spiro atoms. The van der Waals surface area contributed by atoms with Gasteiger partial charge >= 0.3 is 6.03 Å². The molecule has 0 aromatic rings. The monoisotopic (exact) mass is 507 g/mol. The van der Waals surface area contributed by atoms with E-state index in [9.17, 15) is 24.0 Å². The molecule has 36 heavy (non-hydrogen) atoms. The molecule has 11 heteroatoms. The molecule has 0 aromatic heterocycles. The van der Waals surface area contributed by atoms with Crippen LogP contribution >= 0.6 is 0 Å². The second kappa shape index (κ2) is 13.6. The molecule has 0 bridgehead atoms. The smallest absolute Gasteiger partial charge is 0.318 e. The summed E-state index contributed by atoms with van der Waals surface area (Å²) in [7, 11) is 0. The molecule has 1 unspecified atom stereocenters. The van der Waals surface area contributed by atoms with Crippen molar-refractivity contribution in [3.05, 3.63) is 0 Å². The van der Waals surface area contributed by atoms with Gasteiger partial charge in [-0.25, -0.2) is 4.79 Å². The molecule has 1 saturated carbocycles. The lowest BCUT2D eigenvalue weighted by molar-refractivity contribution is -0.142. The number of carbonyl (C=O) groups is 5. The van der Waals surface area contributed by atoms with E-state index in [0.29, 0.717) is 65.0 Å². The van der Waals surface area contributed by atoms with Crippen LogP contribution in [0.1, 0.15) is 77.6 Å². The van der Waals surface area contributed by atoms with Crippen LogP contribution in [0.4, 0.5) is 4.79 Å². The Hall–Kier alpha value is -2.69. The number of hydrogen-bond donors (Lipinski definition) is 4. The lowest BCUT2D eigenvalue weighted by Crippen LogP contribution is -2.65. The van der Waals surface area contributed by atoms with Crippen molar-refractivity contribution in [1.29, 1.82) is 0 Å². The maximum Gasteiger partial charge on any atom is 0.318 e. The van der Waals surface area contributed by atoms with E-state index in [4.69, 9.17) is 4.74 Å². The normalized spacial score (nSPS) is 23.0. The zero-order chi connectivity index (χ0) is 26.0. The fourth-order valence-electron chi connectivity index (χ4n) is 5.05. The van der Waals surface area contributed by atoms with Gasteiger partial charge in [-0.2, -0.15) is 0 Å². The third kappa shape index (κ3) is 7.41. The number of unbranched alkanes of at least 4 members (excludes halogenated alkanes) is 1. The summed E-state index contributed by atoms with van der Waals surface area (Å²) in [4.78, 5) is 66.4. The van der Waals surface area contributed by atoms with Crippen LogP contribution in [-0.2, 0) is 23.9 Å². The van der Waals surface area contributed by atoms with Gasteiger partial charge in [-0.05, 0) is 38.5 Å². The van der Waals surface area contributed by atoms with Crippen LogP contribution in [0.15, 0.2) is 0 Å². The van der Waals surface area contributed by atoms with Crippen molar-refractivity contribution in [3.8, 4) is 0 Å². The molecule has 3 rings (SSSR count). The Morgan fingerprint density at radius 3 is 2.50 bits per heavy atom. The Labute approximate surface area is 212 Å². The minimum absolute atomic E-state index is 0.297. The maximum atomic E-state index is 13.6. The van der Waals surface area contributed by atoms with Gasteiger partial charge in [0.1, 0.15) is 11.6 Å². The topological polar surface area (TPSA) is 146 Å². The van der Waals surface area contributed by atoms with Gasteiger partial charge in [0.2, 0.25) is 17.6 Å². The van der Waals surface area contributed by atoms with Crippen molar-refractivity contribution in [2.24, 2.45) is 0 Å². The standard InChI is InChI=1S/C25H41N5O6/c1-2-3-9-18(20(31)22(33)27-19-10-5-8-13-26-21(19)32)28-23(34)25(11-6-4-7-12-25)29-24(35)30-14-16-36-17-15-30/h18-19H,2-17H2,1H3,(H,26,32)(H,27,33)(H,28,34)(H,29,35)/t18-,19?/m0/s1. The van der Waals surface area contributed by atoms with Crippen LogP contribution in [-0.4, -0.2) is 84.9 Å². The number of rotatable bonds is 9. The zero-order valence-corrected chi connectivity index (χ0v) is 21.4. The first-order valence-corrected chi connectivity index (χ1v) is 13.4. The van der Waals surface area contributed by atoms with Gasteiger partial charge in [0, 0.05) is 19.6 Å². The molecular formula is C25H41N5O6. The molecule has 4 N–H and O–H groups in total. The van der Waals surface area contributed by atoms with Crippen molar-refractivity contribution in [2.75, 3.05) is 32.8 Å². The predicted octanol–water partition coefficient (Wildman–Crippen LogP) is 0.760. The summed E-state index contributed by atoms with van der Waals surface area (Å²) in [5.74, 6) is -2.36. The second-order valence-corrected chi connectivity index (χ2v) is 10.0. The zero-order valence-electron chi connectivity index (χ0n) is 21.4. The number of urea groups is 1. The minimum Gasteiger partial charge on any atom is -0.378 e. The van der Waals surface area contributed by atoms with Crippen molar-refractivity contribution in [2.45, 2.75) is 95.2 Å². The predicted molar refractivity (Wildman–Crippen MR) is 132 cm³/mol. The number of ketones is 1. The molecule has 3 fully saturated rings. The van der Waals surface area contributed by atoms with Crippen LogP contribution in [0.2, 0.25) is 0 Å². The highest BCUT2D eigenvalue weighted by molar-refractivity contribution is 6.38. The van der Waals surface area contributed by atoms with Gasteiger partial charge in [0.05, 0.1) is 19.3 Å². The summed E-state index contributed by atoms with van der Waals surface area (Å²) in [6.45, 7) is 4.33. The number of Topliss-reactive ketones (excluding diaryl/α,β-unsaturated/α-hetero) is 1. The molecule has 1 aliphatic carbocycles. The molecule has 2 heterocycles. The summed E-state index contributed by atoms with van der Waals surface area (Å²) in [6.07, 6.45) is 7.24. The van der Waals surface area contributed by atoms with Gasteiger partial charge < -0.3 is 30.9 Å². The highest BCUT2D eigenvalue weighted by Gasteiger charge is 2.43. The molecule has 2 atom stereocenters. The second-order valence-electron chi connectivity index (χ2n) is 10.0. The van der Waals surface area contributed by atoms with Crippen LogP contribution < -0.4 is 21.3 Å².